The Kier molecular flexibility index (Phi) is 6.02. The van der Waals surface area contributed by atoms with E-state index in [0.717, 1.165) is 22.2 Å². The zero-order chi connectivity index (χ0) is 20.2. The summed E-state index contributed by atoms with van der Waals surface area (Å²) in [6, 6.07) is 19.4. The number of hydrogen-bond acceptors (Lipinski definition) is 3. The summed E-state index contributed by atoms with van der Waals surface area (Å²) >= 11 is 12.0. The number of hydrogen-bond donors (Lipinski definition) is 0. The Morgan fingerprint density at radius 3 is 2.76 bits per heavy atom. The molecule has 148 valence electrons. The highest BCUT2D eigenvalue weighted by Gasteiger charge is 2.25. The van der Waals surface area contributed by atoms with Gasteiger partial charge in [-0.2, -0.15) is 0 Å². The van der Waals surface area contributed by atoms with Crippen LogP contribution in [0.15, 0.2) is 65.7 Å². The normalized spacial score (nSPS) is 13.6. The van der Waals surface area contributed by atoms with Gasteiger partial charge in [0.15, 0.2) is 0 Å². The molecule has 0 aliphatic carbocycles. The molecular weight excluding hydrogens is 407 g/mol. The predicted octanol–water partition coefficient (Wildman–Crippen LogP) is 5.59. The van der Waals surface area contributed by atoms with Gasteiger partial charge in [-0.1, -0.05) is 65.7 Å². The minimum absolute atomic E-state index is 0.0555. The SMILES string of the molecule is O=C(CCCOc1ccc(Cl)cc1Cl)N1CCN=C1c1cccc2ccccc12. The Labute approximate surface area is 179 Å². The molecule has 1 aliphatic rings. The van der Waals surface area contributed by atoms with Gasteiger partial charge in [0.1, 0.15) is 11.6 Å². The zero-order valence-electron chi connectivity index (χ0n) is 15.8. The van der Waals surface area contributed by atoms with Gasteiger partial charge in [0.25, 0.3) is 0 Å². The molecule has 1 heterocycles. The summed E-state index contributed by atoms with van der Waals surface area (Å²) < 4.78 is 5.68. The van der Waals surface area contributed by atoms with E-state index in [4.69, 9.17) is 27.9 Å². The molecule has 3 aromatic rings. The first kappa shape index (κ1) is 19.7. The molecule has 0 unspecified atom stereocenters. The third-order valence-electron chi connectivity index (χ3n) is 4.86. The lowest BCUT2D eigenvalue weighted by Crippen LogP contribution is -2.35. The topological polar surface area (TPSA) is 41.9 Å². The van der Waals surface area contributed by atoms with Gasteiger partial charge in [0, 0.05) is 23.6 Å². The van der Waals surface area contributed by atoms with E-state index < -0.39 is 0 Å². The average Bonchev–Trinajstić information content (AvgIpc) is 3.21. The maximum Gasteiger partial charge on any atom is 0.228 e. The molecule has 3 aromatic carbocycles. The molecule has 0 aromatic heterocycles. The number of rotatable bonds is 6. The number of halogens is 2. The van der Waals surface area contributed by atoms with E-state index in [1.165, 1.54) is 0 Å². The van der Waals surface area contributed by atoms with Crippen molar-refractivity contribution in [2.24, 2.45) is 4.99 Å². The maximum atomic E-state index is 12.8. The second-order valence-corrected chi connectivity index (χ2v) is 7.65. The van der Waals surface area contributed by atoms with Crippen molar-refractivity contribution >= 4 is 45.7 Å². The highest BCUT2D eigenvalue weighted by atomic mass is 35.5. The lowest BCUT2D eigenvalue weighted by atomic mass is 10.0. The van der Waals surface area contributed by atoms with Crippen molar-refractivity contribution < 1.29 is 9.53 Å². The largest absolute Gasteiger partial charge is 0.492 e. The molecule has 4 nitrogen and oxygen atoms in total. The number of carbonyl (C=O) groups excluding carboxylic acids is 1. The second-order valence-electron chi connectivity index (χ2n) is 6.80. The number of fused-ring (bicyclic) bond motifs is 1. The summed E-state index contributed by atoms with van der Waals surface area (Å²) in [4.78, 5) is 19.2. The lowest BCUT2D eigenvalue weighted by Gasteiger charge is -2.20. The number of nitrogens with zero attached hydrogens (tertiary/aromatic N) is 2. The molecule has 0 N–H and O–H groups in total. The van der Waals surface area contributed by atoms with Gasteiger partial charge >= 0.3 is 0 Å². The molecule has 0 saturated carbocycles. The fraction of sp³-hybridized carbons (Fsp3) is 0.217. The van der Waals surface area contributed by atoms with Crippen LogP contribution in [-0.2, 0) is 4.79 Å². The van der Waals surface area contributed by atoms with Crippen LogP contribution in [0.25, 0.3) is 10.8 Å². The number of aliphatic imine (C=N–C) groups is 1. The monoisotopic (exact) mass is 426 g/mol. The third-order valence-corrected chi connectivity index (χ3v) is 5.39. The highest BCUT2D eigenvalue weighted by molar-refractivity contribution is 6.35. The molecule has 6 heteroatoms. The first-order chi connectivity index (χ1) is 14.1. The van der Waals surface area contributed by atoms with Crippen LogP contribution in [-0.4, -0.2) is 36.3 Å². The summed E-state index contributed by atoms with van der Waals surface area (Å²) in [5.41, 5.74) is 0.998. The molecular formula is C23H20Cl2N2O2. The van der Waals surface area contributed by atoms with Crippen LogP contribution >= 0.6 is 23.2 Å². The minimum atomic E-state index is 0.0555. The number of carbonyl (C=O) groups is 1. The van der Waals surface area contributed by atoms with Crippen LogP contribution in [0.5, 0.6) is 5.75 Å². The Hall–Kier alpha value is -2.56. The summed E-state index contributed by atoms with van der Waals surface area (Å²) in [5, 5.41) is 3.27. The molecule has 0 bridgehead atoms. The first-order valence-electron chi connectivity index (χ1n) is 9.54. The zero-order valence-corrected chi connectivity index (χ0v) is 17.3. The smallest absolute Gasteiger partial charge is 0.228 e. The summed E-state index contributed by atoms with van der Waals surface area (Å²) in [7, 11) is 0. The molecule has 29 heavy (non-hydrogen) atoms. The van der Waals surface area contributed by atoms with Gasteiger partial charge in [-0.05, 0) is 35.4 Å². The van der Waals surface area contributed by atoms with Crippen LogP contribution in [0.2, 0.25) is 10.0 Å². The fourth-order valence-electron chi connectivity index (χ4n) is 3.47. The van der Waals surface area contributed by atoms with Gasteiger partial charge in [-0.3, -0.25) is 14.7 Å². The molecule has 0 spiro atoms. The standard InChI is InChI=1S/C23H20Cl2N2O2/c24-17-10-11-21(20(25)15-17)29-14-4-9-22(28)27-13-12-26-23(27)19-8-3-6-16-5-1-2-7-18(16)19/h1-3,5-8,10-11,15H,4,9,12-14H2. The minimum Gasteiger partial charge on any atom is -0.492 e. The quantitative estimate of drug-likeness (QED) is 0.481. The van der Waals surface area contributed by atoms with Crippen molar-refractivity contribution in [2.75, 3.05) is 19.7 Å². The number of amides is 1. The summed E-state index contributed by atoms with van der Waals surface area (Å²) in [6.07, 6.45) is 0.978. The van der Waals surface area contributed by atoms with Crippen molar-refractivity contribution in [2.45, 2.75) is 12.8 Å². The second kappa shape index (κ2) is 8.85. The van der Waals surface area contributed by atoms with E-state index in [2.05, 4.69) is 23.2 Å². The van der Waals surface area contributed by atoms with Gasteiger partial charge in [-0.15, -0.1) is 0 Å². The number of amidine groups is 1. The van der Waals surface area contributed by atoms with Crippen molar-refractivity contribution in [3.63, 3.8) is 0 Å². The van der Waals surface area contributed by atoms with Gasteiger partial charge in [0.2, 0.25) is 5.91 Å². The Morgan fingerprint density at radius 1 is 1.07 bits per heavy atom. The molecule has 0 radical (unpaired) electrons. The molecule has 0 atom stereocenters. The van der Waals surface area contributed by atoms with E-state index in [1.807, 2.05) is 24.3 Å². The van der Waals surface area contributed by atoms with E-state index in [9.17, 15) is 4.79 Å². The highest BCUT2D eigenvalue weighted by Crippen LogP contribution is 2.28. The Morgan fingerprint density at radius 2 is 1.90 bits per heavy atom. The van der Waals surface area contributed by atoms with Crippen LogP contribution in [0.1, 0.15) is 18.4 Å². The van der Waals surface area contributed by atoms with E-state index in [-0.39, 0.29) is 5.91 Å². The number of benzene rings is 3. The van der Waals surface area contributed by atoms with Crippen molar-refractivity contribution in [1.82, 2.24) is 4.90 Å². The third kappa shape index (κ3) is 4.39. The van der Waals surface area contributed by atoms with Crippen LogP contribution in [0.3, 0.4) is 0 Å². The molecule has 4 rings (SSSR count). The van der Waals surface area contributed by atoms with E-state index in [1.54, 1.807) is 23.1 Å². The average molecular weight is 427 g/mol. The van der Waals surface area contributed by atoms with Gasteiger partial charge < -0.3 is 4.74 Å². The van der Waals surface area contributed by atoms with Crippen LogP contribution in [0.4, 0.5) is 0 Å². The summed E-state index contributed by atoms with van der Waals surface area (Å²) in [6.45, 7) is 1.64. The summed E-state index contributed by atoms with van der Waals surface area (Å²) in [5.74, 6) is 1.39. The van der Waals surface area contributed by atoms with Gasteiger partial charge in [-0.25, -0.2) is 0 Å². The van der Waals surface area contributed by atoms with Crippen molar-refractivity contribution in [3.8, 4) is 5.75 Å². The molecule has 0 fully saturated rings. The maximum absolute atomic E-state index is 12.8. The van der Waals surface area contributed by atoms with E-state index >= 15 is 0 Å². The first-order valence-corrected chi connectivity index (χ1v) is 10.3. The number of ether oxygens (including phenoxy) is 1. The molecule has 1 aliphatic heterocycles. The van der Waals surface area contributed by atoms with Crippen LogP contribution < -0.4 is 4.74 Å². The lowest BCUT2D eigenvalue weighted by molar-refractivity contribution is -0.127. The fourth-order valence-corrected chi connectivity index (χ4v) is 3.94. The van der Waals surface area contributed by atoms with E-state index in [0.29, 0.717) is 48.3 Å². The van der Waals surface area contributed by atoms with Crippen LogP contribution in [0, 0.1) is 0 Å². The van der Waals surface area contributed by atoms with Gasteiger partial charge in [0.05, 0.1) is 18.2 Å². The van der Waals surface area contributed by atoms with Crippen molar-refractivity contribution in [3.05, 3.63) is 76.3 Å². The molecule has 1 amide bonds. The molecule has 0 saturated heterocycles. The predicted molar refractivity (Wildman–Crippen MR) is 118 cm³/mol. The Balaban J connectivity index is 1.39. The Bertz CT molecular complexity index is 1080. The van der Waals surface area contributed by atoms with Crippen molar-refractivity contribution in [1.29, 1.82) is 0 Å².